The summed E-state index contributed by atoms with van der Waals surface area (Å²) in [5.74, 6) is -0.323. The van der Waals surface area contributed by atoms with Gasteiger partial charge in [-0.25, -0.2) is 0 Å². The van der Waals surface area contributed by atoms with Gasteiger partial charge in [-0.15, -0.1) is 0 Å². The Bertz CT molecular complexity index is 940. The van der Waals surface area contributed by atoms with Crippen LogP contribution < -0.4 is 0 Å². The second kappa shape index (κ2) is 6.86. The summed E-state index contributed by atoms with van der Waals surface area (Å²) in [4.78, 5) is 11.6. The first kappa shape index (κ1) is 18.0. The Morgan fingerprint density at radius 1 is 1.08 bits per heavy atom. The van der Waals surface area contributed by atoms with E-state index in [0.29, 0.717) is 12.0 Å². The average Bonchev–Trinajstić information content (AvgIpc) is 2.91. The molecule has 136 valence electrons. The Kier molecular flexibility index (Phi) is 4.76. The lowest BCUT2D eigenvalue weighted by atomic mass is 10.00. The molecule has 0 bridgehead atoms. The fourth-order valence-electron chi connectivity index (χ4n) is 3.24. The number of benzene rings is 2. The highest BCUT2D eigenvalue weighted by atomic mass is 19.4. The fraction of sp³-hybridized carbons (Fsp3) is 0.250. The van der Waals surface area contributed by atoms with Gasteiger partial charge in [0.05, 0.1) is 18.4 Å². The van der Waals surface area contributed by atoms with Gasteiger partial charge in [-0.1, -0.05) is 30.3 Å². The van der Waals surface area contributed by atoms with Gasteiger partial charge in [-0.2, -0.15) is 13.2 Å². The monoisotopic (exact) mass is 361 g/mol. The third-order valence-electron chi connectivity index (χ3n) is 4.50. The van der Waals surface area contributed by atoms with Crippen molar-refractivity contribution >= 4 is 16.9 Å². The number of ether oxygens (including phenoxy) is 1. The molecule has 0 saturated carbocycles. The van der Waals surface area contributed by atoms with Crippen LogP contribution in [-0.4, -0.2) is 17.6 Å². The summed E-state index contributed by atoms with van der Waals surface area (Å²) < 4.78 is 45.2. The van der Waals surface area contributed by atoms with Crippen molar-refractivity contribution < 1.29 is 22.7 Å². The summed E-state index contributed by atoms with van der Waals surface area (Å²) in [5, 5.41) is 0.980. The van der Waals surface area contributed by atoms with Crippen LogP contribution in [0, 0.1) is 0 Å². The molecular formula is C20H18F3NO2. The first-order valence-electron chi connectivity index (χ1n) is 8.13. The summed E-state index contributed by atoms with van der Waals surface area (Å²) in [7, 11) is 3.21. The number of methoxy groups -OCH3 is 1. The summed E-state index contributed by atoms with van der Waals surface area (Å²) in [6, 6.07) is 12.8. The van der Waals surface area contributed by atoms with E-state index in [9.17, 15) is 18.0 Å². The third kappa shape index (κ3) is 3.31. The zero-order chi connectivity index (χ0) is 18.9. The smallest absolute Gasteiger partial charge is 0.416 e. The highest BCUT2D eigenvalue weighted by molar-refractivity contribution is 5.92. The van der Waals surface area contributed by atoms with Crippen molar-refractivity contribution in [1.82, 2.24) is 4.57 Å². The molecular weight excluding hydrogens is 343 g/mol. The summed E-state index contributed by atoms with van der Waals surface area (Å²) >= 11 is 0. The molecule has 0 fully saturated rings. The quantitative estimate of drug-likeness (QED) is 0.615. The maximum atomic E-state index is 12.8. The molecule has 0 aliphatic carbocycles. The van der Waals surface area contributed by atoms with Gasteiger partial charge in [0.2, 0.25) is 0 Å². The largest absolute Gasteiger partial charge is 0.469 e. The molecule has 0 radical (unpaired) electrons. The number of rotatable bonds is 4. The minimum atomic E-state index is -4.37. The van der Waals surface area contributed by atoms with Crippen LogP contribution in [0.2, 0.25) is 0 Å². The first-order chi connectivity index (χ1) is 12.3. The van der Waals surface area contributed by atoms with Crippen LogP contribution in [0.5, 0.6) is 0 Å². The van der Waals surface area contributed by atoms with Crippen LogP contribution in [0.3, 0.4) is 0 Å². The lowest BCUT2D eigenvalue weighted by molar-refractivity contribution is -0.140. The number of carbonyl (C=O) groups is 1. The summed E-state index contributed by atoms with van der Waals surface area (Å²) in [6.45, 7) is 0. The van der Waals surface area contributed by atoms with E-state index in [-0.39, 0.29) is 12.4 Å². The van der Waals surface area contributed by atoms with Gasteiger partial charge in [0.1, 0.15) is 0 Å². The Labute approximate surface area is 149 Å². The number of carbonyl (C=O) groups excluding carboxylic acids is 1. The molecule has 0 atom stereocenters. The number of alkyl halides is 3. The topological polar surface area (TPSA) is 31.2 Å². The van der Waals surface area contributed by atoms with Crippen molar-refractivity contribution in [2.45, 2.75) is 19.0 Å². The lowest BCUT2D eigenvalue weighted by Gasteiger charge is -2.11. The van der Waals surface area contributed by atoms with Crippen molar-refractivity contribution in [3.05, 3.63) is 59.7 Å². The van der Waals surface area contributed by atoms with Crippen molar-refractivity contribution in [2.75, 3.05) is 7.11 Å². The van der Waals surface area contributed by atoms with Gasteiger partial charge >= 0.3 is 12.1 Å². The van der Waals surface area contributed by atoms with Crippen LogP contribution in [0.25, 0.3) is 22.2 Å². The van der Waals surface area contributed by atoms with E-state index in [0.717, 1.165) is 34.3 Å². The maximum absolute atomic E-state index is 12.8. The van der Waals surface area contributed by atoms with Crippen LogP contribution in [-0.2, 0) is 29.2 Å². The van der Waals surface area contributed by atoms with Crippen LogP contribution in [0.1, 0.15) is 17.5 Å². The van der Waals surface area contributed by atoms with E-state index >= 15 is 0 Å². The van der Waals surface area contributed by atoms with Crippen molar-refractivity contribution in [2.24, 2.45) is 7.05 Å². The van der Waals surface area contributed by atoms with Gasteiger partial charge in [-0.05, 0) is 35.7 Å². The maximum Gasteiger partial charge on any atom is 0.416 e. The number of fused-ring (bicyclic) bond motifs is 1. The molecule has 3 rings (SSSR count). The predicted molar refractivity (Wildman–Crippen MR) is 93.7 cm³/mol. The van der Waals surface area contributed by atoms with Gasteiger partial charge in [-0.3, -0.25) is 4.79 Å². The number of esters is 1. The van der Waals surface area contributed by atoms with E-state index in [4.69, 9.17) is 4.74 Å². The zero-order valence-corrected chi connectivity index (χ0v) is 14.4. The number of halogens is 3. The molecule has 1 heterocycles. The van der Waals surface area contributed by atoms with Crippen LogP contribution >= 0.6 is 0 Å². The number of nitrogens with zero attached hydrogens (tertiary/aromatic N) is 1. The van der Waals surface area contributed by atoms with Crippen molar-refractivity contribution in [3.8, 4) is 11.3 Å². The molecule has 3 nitrogen and oxygen atoms in total. The van der Waals surface area contributed by atoms with Crippen molar-refractivity contribution in [3.63, 3.8) is 0 Å². The standard InChI is InChI=1S/C20H18F3NO2/c1-24-17-6-4-3-5-15(17)16(11-12-18(25)26-2)19(24)13-7-9-14(10-8-13)20(21,22)23/h3-10H,11-12H2,1-2H3. The number of hydrogen-bond donors (Lipinski definition) is 0. The predicted octanol–water partition coefficient (Wildman–Crippen LogP) is 4.97. The molecule has 0 amide bonds. The van der Waals surface area contributed by atoms with Crippen LogP contribution in [0.15, 0.2) is 48.5 Å². The second-order valence-corrected chi connectivity index (χ2v) is 6.05. The molecule has 0 aliphatic heterocycles. The SMILES string of the molecule is COC(=O)CCc1c(-c2ccc(C(F)(F)F)cc2)n(C)c2ccccc12. The molecule has 26 heavy (non-hydrogen) atoms. The number of para-hydroxylation sites is 1. The first-order valence-corrected chi connectivity index (χ1v) is 8.13. The minimum absolute atomic E-state index is 0.206. The number of aryl methyl sites for hydroxylation is 2. The fourth-order valence-corrected chi connectivity index (χ4v) is 3.24. The van der Waals surface area contributed by atoms with Gasteiger partial charge in [0, 0.05) is 24.4 Å². The molecule has 0 spiro atoms. The molecule has 0 saturated heterocycles. The molecule has 6 heteroatoms. The van der Waals surface area contributed by atoms with E-state index in [1.165, 1.54) is 19.2 Å². The van der Waals surface area contributed by atoms with E-state index < -0.39 is 11.7 Å². The Morgan fingerprint density at radius 3 is 2.35 bits per heavy atom. The number of aromatic nitrogens is 1. The normalized spacial score (nSPS) is 11.7. The van der Waals surface area contributed by atoms with Gasteiger partial charge < -0.3 is 9.30 Å². The summed E-state index contributed by atoms with van der Waals surface area (Å²) in [5.41, 5.74) is 2.69. The molecule has 0 aliphatic rings. The van der Waals surface area contributed by atoms with Crippen molar-refractivity contribution in [1.29, 1.82) is 0 Å². The summed E-state index contributed by atoms with van der Waals surface area (Å²) in [6.07, 6.45) is -3.71. The van der Waals surface area contributed by atoms with E-state index in [1.54, 1.807) is 0 Å². The molecule has 2 aromatic carbocycles. The lowest BCUT2D eigenvalue weighted by Crippen LogP contribution is -2.05. The van der Waals surface area contributed by atoms with Gasteiger partial charge in [0.15, 0.2) is 0 Å². The molecule has 3 aromatic rings. The molecule has 1 aromatic heterocycles. The Morgan fingerprint density at radius 2 is 1.73 bits per heavy atom. The van der Waals surface area contributed by atoms with Gasteiger partial charge in [0.25, 0.3) is 0 Å². The minimum Gasteiger partial charge on any atom is -0.469 e. The highest BCUT2D eigenvalue weighted by Crippen LogP contribution is 2.36. The molecule has 0 unspecified atom stereocenters. The van der Waals surface area contributed by atoms with E-state index in [2.05, 4.69) is 0 Å². The van der Waals surface area contributed by atoms with Crippen LogP contribution in [0.4, 0.5) is 13.2 Å². The molecule has 0 N–H and O–H groups in total. The number of hydrogen-bond acceptors (Lipinski definition) is 2. The Hall–Kier alpha value is -2.76. The van der Waals surface area contributed by atoms with E-state index in [1.807, 2.05) is 35.9 Å². The average molecular weight is 361 g/mol. The zero-order valence-electron chi connectivity index (χ0n) is 14.4. The second-order valence-electron chi connectivity index (χ2n) is 6.05. The highest BCUT2D eigenvalue weighted by Gasteiger charge is 2.30. The third-order valence-corrected chi connectivity index (χ3v) is 4.50. The Balaban J connectivity index is 2.12.